The molecule has 3 fully saturated rings. The second kappa shape index (κ2) is 6.09. The minimum Gasteiger partial charge on any atom is -0.374 e. The summed E-state index contributed by atoms with van der Waals surface area (Å²) in [6.45, 7) is 9.70. The lowest BCUT2D eigenvalue weighted by atomic mass is 9.43. The highest BCUT2D eigenvalue weighted by Crippen LogP contribution is 2.68. The van der Waals surface area contributed by atoms with Crippen LogP contribution in [0.5, 0.6) is 0 Å². The van der Waals surface area contributed by atoms with Gasteiger partial charge in [0.2, 0.25) is 0 Å². The zero-order valence-electron chi connectivity index (χ0n) is 15.6. The number of carbonyl (C=O) groups excluding carboxylic acids is 2. The molecule has 2 saturated carbocycles. The summed E-state index contributed by atoms with van der Waals surface area (Å²) in [5, 5.41) is 0. The Hall–Kier alpha value is -0.960. The molecule has 24 heavy (non-hydrogen) atoms. The van der Waals surface area contributed by atoms with Crippen molar-refractivity contribution in [2.75, 3.05) is 6.61 Å². The van der Waals surface area contributed by atoms with E-state index >= 15 is 0 Å². The van der Waals surface area contributed by atoms with Gasteiger partial charge in [-0.3, -0.25) is 4.79 Å². The highest BCUT2D eigenvalue weighted by atomic mass is 16.5. The van der Waals surface area contributed by atoms with Crippen molar-refractivity contribution in [3.8, 4) is 0 Å². The Morgan fingerprint density at radius 3 is 2.54 bits per heavy atom. The fraction of sp³-hybridized carbons (Fsp3) is 0.810. The molecule has 2 bridgehead atoms. The van der Waals surface area contributed by atoms with E-state index in [2.05, 4.69) is 26.8 Å². The first-order valence-corrected chi connectivity index (χ1v) is 9.57. The van der Waals surface area contributed by atoms with Crippen LogP contribution < -0.4 is 0 Å². The molecule has 5 atom stereocenters. The summed E-state index contributed by atoms with van der Waals surface area (Å²) in [7, 11) is 0. The monoisotopic (exact) mass is 332 g/mol. The number of hydrogen-bond donors (Lipinski definition) is 0. The predicted octanol–water partition coefficient (Wildman–Crippen LogP) is 4.35. The molecule has 3 rings (SSSR count). The smallest absolute Gasteiger partial charge is 0.145 e. The van der Waals surface area contributed by atoms with Gasteiger partial charge in [-0.25, -0.2) is 0 Å². The number of hydrogen-bond acceptors (Lipinski definition) is 3. The minimum atomic E-state index is -0.149. The first-order chi connectivity index (χ1) is 11.3. The number of rotatable bonds is 5. The lowest BCUT2D eigenvalue weighted by molar-refractivity contribution is -0.138. The molecule has 0 aromatic heterocycles. The Kier molecular flexibility index (Phi) is 4.53. The van der Waals surface area contributed by atoms with E-state index in [0.717, 1.165) is 50.4 Å². The molecular formula is C21H32O3. The second-order valence-corrected chi connectivity index (χ2v) is 9.11. The van der Waals surface area contributed by atoms with Crippen LogP contribution >= 0.6 is 0 Å². The Morgan fingerprint density at radius 1 is 1.17 bits per heavy atom. The van der Waals surface area contributed by atoms with Crippen molar-refractivity contribution < 1.29 is 14.3 Å². The van der Waals surface area contributed by atoms with Gasteiger partial charge in [0, 0.05) is 11.3 Å². The predicted molar refractivity (Wildman–Crippen MR) is 94.6 cm³/mol. The molecule has 2 aliphatic carbocycles. The van der Waals surface area contributed by atoms with Gasteiger partial charge in [-0.1, -0.05) is 26.8 Å². The van der Waals surface area contributed by atoms with Crippen molar-refractivity contribution in [1.29, 1.82) is 0 Å². The van der Waals surface area contributed by atoms with E-state index in [-0.39, 0.29) is 22.3 Å². The number of allylic oxidation sites excluding steroid dienone is 2. The van der Waals surface area contributed by atoms with Crippen molar-refractivity contribution in [2.45, 2.75) is 71.8 Å². The average molecular weight is 332 g/mol. The van der Waals surface area contributed by atoms with E-state index in [0.29, 0.717) is 18.4 Å². The van der Waals surface area contributed by atoms with Crippen LogP contribution in [0.2, 0.25) is 0 Å². The first kappa shape index (κ1) is 17.8. The third-order valence-electron chi connectivity index (χ3n) is 7.69. The van der Waals surface area contributed by atoms with Crippen LogP contribution in [0.3, 0.4) is 0 Å². The van der Waals surface area contributed by atoms with Crippen LogP contribution in [0.4, 0.5) is 0 Å². The molecule has 1 heterocycles. The number of fused-ring (bicyclic) bond motifs is 1. The van der Waals surface area contributed by atoms with E-state index in [1.807, 2.05) is 6.92 Å². The molecular weight excluding hydrogens is 300 g/mol. The summed E-state index contributed by atoms with van der Waals surface area (Å²) in [4.78, 5) is 23.2. The zero-order valence-corrected chi connectivity index (χ0v) is 15.6. The van der Waals surface area contributed by atoms with Gasteiger partial charge in [-0.05, 0) is 68.3 Å². The lowest BCUT2D eigenvalue weighted by Gasteiger charge is -2.59. The maximum atomic E-state index is 12.0. The van der Waals surface area contributed by atoms with Crippen LogP contribution in [-0.4, -0.2) is 24.8 Å². The molecule has 3 aliphatic rings. The summed E-state index contributed by atoms with van der Waals surface area (Å²) in [6, 6.07) is 0. The first-order valence-electron chi connectivity index (χ1n) is 9.57. The fourth-order valence-corrected chi connectivity index (χ4v) is 6.27. The standard InChI is InChI=1S/C21H32O3/c1-5-15(12-22)6-7-18-20(4)11-9-17-19(2,3)10-8-16(13-23)21(17,18)14-24-20/h6,12-13,16-18H,5,7-11,14H2,1-4H3/t16?,17-,18-,20+,21-/m0/s1. The molecule has 1 aliphatic heterocycles. The van der Waals surface area contributed by atoms with Crippen LogP contribution in [0.1, 0.15) is 66.2 Å². The number of ether oxygens (including phenoxy) is 1. The van der Waals surface area contributed by atoms with Gasteiger partial charge >= 0.3 is 0 Å². The molecule has 1 spiro atoms. The van der Waals surface area contributed by atoms with Gasteiger partial charge in [0.1, 0.15) is 12.6 Å². The van der Waals surface area contributed by atoms with Crippen molar-refractivity contribution >= 4 is 12.6 Å². The highest BCUT2D eigenvalue weighted by molar-refractivity contribution is 5.72. The van der Waals surface area contributed by atoms with E-state index in [9.17, 15) is 9.59 Å². The highest BCUT2D eigenvalue weighted by Gasteiger charge is 2.68. The fourth-order valence-electron chi connectivity index (χ4n) is 6.27. The summed E-state index contributed by atoms with van der Waals surface area (Å²) >= 11 is 0. The molecule has 0 N–H and O–H groups in total. The summed E-state index contributed by atoms with van der Waals surface area (Å²) in [6.07, 6.45) is 10.2. The Morgan fingerprint density at radius 2 is 1.92 bits per heavy atom. The minimum absolute atomic E-state index is 0.0469. The molecule has 1 saturated heterocycles. The van der Waals surface area contributed by atoms with Crippen LogP contribution in [0.15, 0.2) is 11.6 Å². The Labute approximate surface area is 146 Å². The van der Waals surface area contributed by atoms with Gasteiger partial charge < -0.3 is 9.53 Å². The maximum absolute atomic E-state index is 12.0. The van der Waals surface area contributed by atoms with Crippen molar-refractivity contribution in [1.82, 2.24) is 0 Å². The van der Waals surface area contributed by atoms with E-state index < -0.39 is 0 Å². The Balaban J connectivity index is 2.03. The molecule has 0 aromatic rings. The Bertz CT molecular complexity index is 549. The van der Waals surface area contributed by atoms with Crippen LogP contribution in [0, 0.1) is 28.6 Å². The van der Waals surface area contributed by atoms with Gasteiger partial charge in [-0.2, -0.15) is 0 Å². The number of carbonyl (C=O) groups is 2. The number of aldehydes is 2. The topological polar surface area (TPSA) is 43.4 Å². The molecule has 3 nitrogen and oxygen atoms in total. The molecule has 1 unspecified atom stereocenters. The molecule has 0 aromatic carbocycles. The molecule has 0 amide bonds. The normalized spacial score (nSPS) is 44.0. The van der Waals surface area contributed by atoms with Gasteiger partial charge in [-0.15, -0.1) is 0 Å². The third kappa shape index (κ3) is 2.42. The maximum Gasteiger partial charge on any atom is 0.145 e. The van der Waals surface area contributed by atoms with Gasteiger partial charge in [0.15, 0.2) is 0 Å². The lowest BCUT2D eigenvalue weighted by Crippen LogP contribution is -2.58. The van der Waals surface area contributed by atoms with Crippen molar-refractivity contribution in [2.24, 2.45) is 28.6 Å². The summed E-state index contributed by atoms with van der Waals surface area (Å²) in [5.74, 6) is 0.960. The van der Waals surface area contributed by atoms with Gasteiger partial charge in [0.05, 0.1) is 12.2 Å². The summed E-state index contributed by atoms with van der Waals surface area (Å²) < 4.78 is 6.39. The molecule has 3 heteroatoms. The van der Waals surface area contributed by atoms with E-state index in [1.165, 1.54) is 6.29 Å². The van der Waals surface area contributed by atoms with Crippen LogP contribution in [-0.2, 0) is 14.3 Å². The van der Waals surface area contributed by atoms with Gasteiger partial charge in [0.25, 0.3) is 0 Å². The second-order valence-electron chi connectivity index (χ2n) is 9.11. The SMILES string of the molecule is CCC(C=O)=CC[C@@H]1[C@]23CO[C@]1(C)CC[C@H]2C(C)(C)CCC3C=O. The van der Waals surface area contributed by atoms with E-state index in [4.69, 9.17) is 4.74 Å². The zero-order chi connectivity index (χ0) is 17.6. The average Bonchev–Trinajstić information content (AvgIpc) is 2.72. The quantitative estimate of drug-likeness (QED) is 0.555. The third-order valence-corrected chi connectivity index (χ3v) is 7.69. The van der Waals surface area contributed by atoms with Crippen molar-refractivity contribution in [3.05, 3.63) is 11.6 Å². The molecule has 0 radical (unpaired) electrons. The largest absolute Gasteiger partial charge is 0.374 e. The van der Waals surface area contributed by atoms with Crippen LogP contribution in [0.25, 0.3) is 0 Å². The summed E-state index contributed by atoms with van der Waals surface area (Å²) in [5.41, 5.74) is 0.932. The van der Waals surface area contributed by atoms with E-state index in [1.54, 1.807) is 0 Å². The van der Waals surface area contributed by atoms with Crippen molar-refractivity contribution in [3.63, 3.8) is 0 Å². The molecule has 134 valence electrons.